The molecule has 0 radical (unpaired) electrons. The van der Waals surface area contributed by atoms with Crippen molar-refractivity contribution in [3.8, 4) is 0 Å². The van der Waals surface area contributed by atoms with Crippen LogP contribution in [0.25, 0.3) is 0 Å². The van der Waals surface area contributed by atoms with Gasteiger partial charge >= 0.3 is 0 Å². The lowest BCUT2D eigenvalue weighted by atomic mass is 10.3. The van der Waals surface area contributed by atoms with E-state index in [-0.39, 0.29) is 11.5 Å². The van der Waals surface area contributed by atoms with E-state index in [4.69, 9.17) is 0 Å². The van der Waals surface area contributed by atoms with Crippen molar-refractivity contribution in [3.05, 3.63) is 40.8 Å². The number of unbranched alkanes of at least 4 members (excludes halogenated alkanes) is 2. The minimum absolute atomic E-state index is 0.156. The largest absolute Gasteiger partial charge is 0.360 e. The molecule has 1 aromatic rings. The van der Waals surface area contributed by atoms with Gasteiger partial charge in [0.25, 0.3) is 0 Å². The van der Waals surface area contributed by atoms with Crippen LogP contribution < -0.4 is 5.32 Å². The fourth-order valence-corrected chi connectivity index (χ4v) is 6.18. The Bertz CT molecular complexity index is 668. The smallest absolute Gasteiger partial charge is 0.190 e. The number of sulfone groups is 2. The second-order valence-corrected chi connectivity index (χ2v) is 9.73. The van der Waals surface area contributed by atoms with Crippen LogP contribution >= 0.6 is 0 Å². The predicted molar refractivity (Wildman–Crippen MR) is 95.5 cm³/mol. The first-order valence-electron chi connectivity index (χ1n) is 7.80. The fourth-order valence-electron chi connectivity index (χ4n) is 1.92. The third-order valence-corrected chi connectivity index (χ3v) is 7.91. The molecule has 0 fully saturated rings. The molecule has 5 nitrogen and oxygen atoms in total. The van der Waals surface area contributed by atoms with Crippen molar-refractivity contribution in [1.82, 2.24) is 0 Å². The van der Waals surface area contributed by atoms with E-state index in [1.807, 2.05) is 19.9 Å². The van der Waals surface area contributed by atoms with Gasteiger partial charge in [0.05, 0.1) is 11.5 Å². The summed E-state index contributed by atoms with van der Waals surface area (Å²) in [5.41, 5.74) is 0.640. The molecule has 0 heterocycles. The van der Waals surface area contributed by atoms with Gasteiger partial charge in [-0.2, -0.15) is 0 Å². The Morgan fingerprint density at radius 2 is 1.39 bits per heavy atom. The normalized spacial score (nSPS) is 11.9. The third-order valence-electron chi connectivity index (χ3n) is 3.28. The summed E-state index contributed by atoms with van der Waals surface area (Å²) in [5, 5.41) is 2.79. The zero-order valence-electron chi connectivity index (χ0n) is 13.7. The number of anilines is 1. The molecular weight excluding hydrogens is 334 g/mol. The highest BCUT2D eigenvalue weighted by atomic mass is 32.3. The number of nitrogens with one attached hydrogen (secondary N) is 1. The van der Waals surface area contributed by atoms with Crippen molar-refractivity contribution in [2.75, 3.05) is 16.8 Å². The summed E-state index contributed by atoms with van der Waals surface area (Å²) >= 11 is 0. The molecule has 23 heavy (non-hydrogen) atoms. The summed E-state index contributed by atoms with van der Waals surface area (Å²) in [5.74, 6) is -0.311. The van der Waals surface area contributed by atoms with E-state index >= 15 is 0 Å². The fraction of sp³-hybridized carbons (Fsp3) is 0.500. The molecule has 1 N–H and O–H groups in total. The van der Waals surface area contributed by atoms with E-state index in [1.165, 1.54) is 0 Å². The molecule has 0 aliphatic carbocycles. The monoisotopic (exact) mass is 359 g/mol. The molecule has 0 aliphatic heterocycles. The Balaban J connectivity index is 3.15. The van der Waals surface area contributed by atoms with Gasteiger partial charge in [0.2, 0.25) is 0 Å². The molecule has 0 saturated carbocycles. The van der Waals surface area contributed by atoms with Crippen LogP contribution in [0.5, 0.6) is 0 Å². The maximum atomic E-state index is 12.4. The van der Waals surface area contributed by atoms with E-state index < -0.39 is 23.9 Å². The van der Waals surface area contributed by atoms with Gasteiger partial charge in [-0.15, -0.1) is 0 Å². The summed E-state index contributed by atoms with van der Waals surface area (Å²) in [7, 11) is -7.66. The lowest BCUT2D eigenvalue weighted by molar-refractivity contribution is 0.591. The molecule has 0 spiro atoms. The third kappa shape index (κ3) is 6.35. The highest BCUT2D eigenvalue weighted by molar-refractivity contribution is 8.14. The second kappa shape index (κ2) is 9.08. The topological polar surface area (TPSA) is 80.3 Å². The van der Waals surface area contributed by atoms with E-state index in [2.05, 4.69) is 5.32 Å². The average molecular weight is 360 g/mol. The zero-order valence-corrected chi connectivity index (χ0v) is 15.3. The first kappa shape index (κ1) is 19.7. The molecule has 0 aliphatic rings. The van der Waals surface area contributed by atoms with Crippen LogP contribution in [0.2, 0.25) is 0 Å². The summed E-state index contributed by atoms with van der Waals surface area (Å²) in [6.07, 6.45) is 3.37. The van der Waals surface area contributed by atoms with Gasteiger partial charge in [0.1, 0.15) is 0 Å². The predicted octanol–water partition coefficient (Wildman–Crippen LogP) is 3.33. The van der Waals surface area contributed by atoms with Crippen LogP contribution in [-0.2, 0) is 19.7 Å². The SMILES string of the molecule is CCCCS(=O)(=O)C(=CNc1ccccc1)S(=O)(=O)CCCC. The summed E-state index contributed by atoms with van der Waals surface area (Å²) in [6.45, 7) is 3.74. The van der Waals surface area contributed by atoms with Crippen LogP contribution in [0, 0.1) is 0 Å². The minimum atomic E-state index is -3.83. The van der Waals surface area contributed by atoms with Crippen LogP contribution in [0.1, 0.15) is 39.5 Å². The first-order chi connectivity index (χ1) is 10.8. The maximum Gasteiger partial charge on any atom is 0.190 e. The zero-order chi connectivity index (χ0) is 17.3. The van der Waals surface area contributed by atoms with Crippen molar-refractivity contribution in [2.45, 2.75) is 39.5 Å². The quantitative estimate of drug-likeness (QED) is 0.693. The number of rotatable bonds is 10. The standard InChI is InChI=1S/C16H25NO4S2/c1-3-5-12-22(18,19)16(23(20,21)13-6-4-2)14-17-15-10-8-7-9-11-15/h7-11,14,17H,3-6,12-13H2,1-2H3. The molecular formula is C16H25NO4S2. The number of para-hydroxylation sites is 1. The van der Waals surface area contributed by atoms with Crippen molar-refractivity contribution < 1.29 is 16.8 Å². The summed E-state index contributed by atoms with van der Waals surface area (Å²) in [4.78, 5) is 0. The highest BCUT2D eigenvalue weighted by Gasteiger charge is 2.29. The van der Waals surface area contributed by atoms with E-state index in [9.17, 15) is 16.8 Å². The van der Waals surface area contributed by atoms with Gasteiger partial charge in [-0.05, 0) is 25.0 Å². The van der Waals surface area contributed by atoms with Crippen LogP contribution in [0.4, 0.5) is 5.69 Å². The Morgan fingerprint density at radius 3 is 1.83 bits per heavy atom. The molecule has 0 saturated heterocycles. The Labute approximate surface area is 139 Å². The lowest BCUT2D eigenvalue weighted by Gasteiger charge is -2.11. The Kier molecular flexibility index (Phi) is 7.78. The number of hydrogen-bond acceptors (Lipinski definition) is 5. The van der Waals surface area contributed by atoms with Crippen LogP contribution in [-0.4, -0.2) is 28.3 Å². The summed E-state index contributed by atoms with van der Waals surface area (Å²) < 4.78 is 49.2. The molecule has 0 amide bonds. The molecule has 0 atom stereocenters. The van der Waals surface area contributed by atoms with Gasteiger partial charge in [0, 0.05) is 11.9 Å². The average Bonchev–Trinajstić information content (AvgIpc) is 2.52. The van der Waals surface area contributed by atoms with Gasteiger partial charge in [0.15, 0.2) is 23.9 Å². The molecule has 7 heteroatoms. The molecule has 0 unspecified atom stereocenters. The van der Waals surface area contributed by atoms with Gasteiger partial charge in [-0.25, -0.2) is 16.8 Å². The first-order valence-corrected chi connectivity index (χ1v) is 11.1. The number of benzene rings is 1. The van der Waals surface area contributed by atoms with Crippen LogP contribution in [0.15, 0.2) is 40.8 Å². The van der Waals surface area contributed by atoms with Gasteiger partial charge < -0.3 is 5.32 Å². The van der Waals surface area contributed by atoms with E-state index in [0.717, 1.165) is 6.20 Å². The van der Waals surface area contributed by atoms with E-state index in [0.29, 0.717) is 31.4 Å². The second-order valence-electron chi connectivity index (χ2n) is 5.32. The van der Waals surface area contributed by atoms with E-state index in [1.54, 1.807) is 24.3 Å². The molecule has 1 rings (SSSR count). The van der Waals surface area contributed by atoms with Gasteiger partial charge in [-0.3, -0.25) is 0 Å². The maximum absolute atomic E-state index is 12.4. The van der Waals surface area contributed by atoms with Crippen LogP contribution in [0.3, 0.4) is 0 Å². The molecule has 130 valence electrons. The Morgan fingerprint density at radius 1 is 0.913 bits per heavy atom. The highest BCUT2D eigenvalue weighted by Crippen LogP contribution is 2.20. The lowest BCUT2D eigenvalue weighted by Crippen LogP contribution is -2.20. The summed E-state index contributed by atoms with van der Waals surface area (Å²) in [6, 6.07) is 8.88. The van der Waals surface area contributed by atoms with Crippen molar-refractivity contribution in [1.29, 1.82) is 0 Å². The van der Waals surface area contributed by atoms with Crippen molar-refractivity contribution >= 4 is 25.4 Å². The van der Waals surface area contributed by atoms with Crippen molar-refractivity contribution in [3.63, 3.8) is 0 Å². The Hall–Kier alpha value is -1.34. The van der Waals surface area contributed by atoms with Crippen molar-refractivity contribution in [2.24, 2.45) is 0 Å². The minimum Gasteiger partial charge on any atom is -0.360 e. The molecule has 0 bridgehead atoms. The molecule has 0 aromatic heterocycles. The molecule has 1 aromatic carbocycles. The number of hydrogen-bond donors (Lipinski definition) is 1. The van der Waals surface area contributed by atoms with Gasteiger partial charge in [-0.1, -0.05) is 44.9 Å².